The van der Waals surface area contributed by atoms with Crippen molar-refractivity contribution in [2.45, 2.75) is 71.6 Å². The second-order valence-corrected chi connectivity index (χ2v) is 11.0. The molecule has 0 radical (unpaired) electrons. The van der Waals surface area contributed by atoms with Gasteiger partial charge in [-0.3, -0.25) is 0 Å². The van der Waals surface area contributed by atoms with Gasteiger partial charge in [0, 0.05) is 0 Å². The largest absolute Gasteiger partial charge is 0.0596 e. The van der Waals surface area contributed by atoms with Crippen LogP contribution in [0.1, 0.15) is 71.6 Å². The first-order valence-electron chi connectivity index (χ1n) is 10.6. The summed E-state index contributed by atoms with van der Waals surface area (Å²) in [6.07, 6.45) is 14.5. The minimum absolute atomic E-state index is 0.671. The average molecular weight is 299 g/mol. The molecule has 9 aliphatic rings. The van der Waals surface area contributed by atoms with Crippen LogP contribution < -0.4 is 0 Å². The molecule has 9 rings (SSSR count). The second kappa shape index (κ2) is 4.15. The maximum absolute atomic E-state index is 2.63. The van der Waals surface area contributed by atoms with E-state index in [0.717, 1.165) is 23.7 Å². The molecule has 0 aromatic rings. The molecule has 0 aromatic heterocycles. The molecule has 0 nitrogen and oxygen atoms in total. The van der Waals surface area contributed by atoms with Crippen LogP contribution in [-0.4, -0.2) is 0 Å². The van der Waals surface area contributed by atoms with E-state index in [-0.39, 0.29) is 0 Å². The summed E-state index contributed by atoms with van der Waals surface area (Å²) in [4.78, 5) is 0. The normalized spacial score (nSPS) is 63.5. The lowest BCUT2D eigenvalue weighted by atomic mass is 9.33. The molecule has 9 fully saturated rings. The zero-order valence-electron chi connectivity index (χ0n) is 14.6. The van der Waals surface area contributed by atoms with Gasteiger partial charge in [-0.05, 0) is 122 Å². The second-order valence-electron chi connectivity index (χ2n) is 11.0. The van der Waals surface area contributed by atoms with E-state index in [2.05, 4.69) is 13.8 Å². The molecule has 0 saturated heterocycles. The third kappa shape index (κ3) is 1.43. The van der Waals surface area contributed by atoms with Crippen LogP contribution in [0, 0.1) is 64.6 Å². The summed E-state index contributed by atoms with van der Waals surface area (Å²) in [5, 5.41) is 0. The van der Waals surface area contributed by atoms with Gasteiger partial charge in [0.05, 0.1) is 0 Å². The van der Waals surface area contributed by atoms with E-state index < -0.39 is 0 Å². The molecule has 9 aliphatic carbocycles. The maximum Gasteiger partial charge on any atom is -0.0316 e. The van der Waals surface area contributed by atoms with E-state index in [1.54, 1.807) is 57.8 Å². The van der Waals surface area contributed by atoms with E-state index in [1.807, 2.05) is 0 Å². The molecule has 0 heterocycles. The Kier molecular flexibility index (Phi) is 2.51. The van der Waals surface area contributed by atoms with Crippen molar-refractivity contribution >= 4 is 0 Å². The van der Waals surface area contributed by atoms with Crippen molar-refractivity contribution in [2.24, 2.45) is 64.6 Å². The van der Waals surface area contributed by atoms with Gasteiger partial charge in [0.1, 0.15) is 0 Å². The van der Waals surface area contributed by atoms with E-state index in [9.17, 15) is 0 Å². The number of fused-ring (bicyclic) bond motifs is 5. The molecule has 0 aliphatic heterocycles. The SMILES string of the molecule is CC1(C)CC2CCC1C1C3CCC(C4C5CCC(CC5)C34)C21. The van der Waals surface area contributed by atoms with Crippen molar-refractivity contribution < 1.29 is 0 Å². The Hall–Kier alpha value is 0. The molecule has 0 heteroatoms. The topological polar surface area (TPSA) is 0 Å². The smallest absolute Gasteiger partial charge is 0.0316 e. The van der Waals surface area contributed by atoms with Gasteiger partial charge >= 0.3 is 0 Å². The van der Waals surface area contributed by atoms with Crippen LogP contribution >= 0.6 is 0 Å². The van der Waals surface area contributed by atoms with Gasteiger partial charge in [0.15, 0.2) is 0 Å². The summed E-state index contributed by atoms with van der Waals surface area (Å²) in [7, 11) is 0. The Morgan fingerprint density at radius 2 is 1.05 bits per heavy atom. The van der Waals surface area contributed by atoms with E-state index in [4.69, 9.17) is 0 Å². The highest BCUT2D eigenvalue weighted by Gasteiger charge is 2.66. The summed E-state index contributed by atoms with van der Waals surface area (Å²) in [6.45, 7) is 5.26. The van der Waals surface area contributed by atoms with Gasteiger partial charge in [0.2, 0.25) is 0 Å². The highest BCUT2D eigenvalue weighted by molar-refractivity contribution is 5.15. The molecule has 22 heavy (non-hydrogen) atoms. The van der Waals surface area contributed by atoms with Crippen molar-refractivity contribution in [3.8, 4) is 0 Å². The summed E-state index contributed by atoms with van der Waals surface area (Å²) < 4.78 is 0. The quantitative estimate of drug-likeness (QED) is 0.533. The molecule has 6 bridgehead atoms. The highest BCUT2D eigenvalue weighted by Crippen LogP contribution is 2.73. The monoisotopic (exact) mass is 298 g/mol. The fourth-order valence-electron chi connectivity index (χ4n) is 10.0. The summed E-state index contributed by atoms with van der Waals surface area (Å²) in [5.41, 5.74) is 0.671. The Labute approximate surface area is 136 Å². The van der Waals surface area contributed by atoms with E-state index in [0.29, 0.717) is 5.41 Å². The standard InChI is InChI=1S/C22H34/c1-22(2)11-14-7-10-17(22)21-16-9-8-15(20(14)21)18-12-3-5-13(6-4-12)19(16)18/h12-21H,3-11H2,1-2H3. The van der Waals surface area contributed by atoms with Crippen molar-refractivity contribution in [2.75, 3.05) is 0 Å². The van der Waals surface area contributed by atoms with Crippen LogP contribution in [0.4, 0.5) is 0 Å². The number of rotatable bonds is 0. The molecular weight excluding hydrogens is 264 g/mol. The Morgan fingerprint density at radius 1 is 0.545 bits per heavy atom. The predicted molar refractivity (Wildman–Crippen MR) is 90.2 cm³/mol. The summed E-state index contributed by atoms with van der Waals surface area (Å²) in [6, 6.07) is 0. The van der Waals surface area contributed by atoms with Crippen LogP contribution in [0.5, 0.6) is 0 Å². The van der Waals surface area contributed by atoms with Gasteiger partial charge in [-0.1, -0.05) is 13.8 Å². The van der Waals surface area contributed by atoms with Gasteiger partial charge < -0.3 is 0 Å². The molecule has 8 atom stereocenters. The predicted octanol–water partition coefficient (Wildman–Crippen LogP) is 5.77. The van der Waals surface area contributed by atoms with Gasteiger partial charge in [0.25, 0.3) is 0 Å². The molecule has 0 aromatic carbocycles. The Morgan fingerprint density at radius 3 is 1.64 bits per heavy atom. The lowest BCUT2D eigenvalue weighted by Gasteiger charge is -2.72. The van der Waals surface area contributed by atoms with Crippen LogP contribution in [0.2, 0.25) is 0 Å². The molecule has 8 unspecified atom stereocenters. The first-order chi connectivity index (χ1) is 10.6. The van der Waals surface area contributed by atoms with Crippen molar-refractivity contribution in [3.63, 3.8) is 0 Å². The molecular formula is C22H34. The van der Waals surface area contributed by atoms with Crippen LogP contribution in [0.25, 0.3) is 0 Å². The van der Waals surface area contributed by atoms with Crippen LogP contribution in [-0.2, 0) is 0 Å². The average Bonchev–Trinajstić information content (AvgIpc) is 2.56. The van der Waals surface area contributed by atoms with Crippen molar-refractivity contribution in [3.05, 3.63) is 0 Å². The number of hydrogen-bond donors (Lipinski definition) is 0. The van der Waals surface area contributed by atoms with Crippen molar-refractivity contribution in [1.29, 1.82) is 0 Å². The van der Waals surface area contributed by atoms with Crippen LogP contribution in [0.15, 0.2) is 0 Å². The molecule has 0 amide bonds. The Balaban J connectivity index is 1.45. The first kappa shape index (κ1) is 13.3. The highest BCUT2D eigenvalue weighted by atomic mass is 14.7. The molecule has 9 saturated carbocycles. The molecule has 122 valence electrons. The Bertz CT molecular complexity index is 482. The van der Waals surface area contributed by atoms with Crippen LogP contribution in [0.3, 0.4) is 0 Å². The minimum atomic E-state index is 0.671. The van der Waals surface area contributed by atoms with Gasteiger partial charge in [-0.15, -0.1) is 0 Å². The lowest BCUT2D eigenvalue weighted by Crippen LogP contribution is -2.65. The van der Waals surface area contributed by atoms with E-state index in [1.165, 1.54) is 35.5 Å². The zero-order chi connectivity index (χ0) is 14.6. The molecule has 0 spiro atoms. The zero-order valence-corrected chi connectivity index (χ0v) is 14.6. The summed E-state index contributed by atoms with van der Waals surface area (Å²) in [5.74, 6) is 11.6. The van der Waals surface area contributed by atoms with Gasteiger partial charge in [-0.2, -0.15) is 0 Å². The van der Waals surface area contributed by atoms with Crippen molar-refractivity contribution in [1.82, 2.24) is 0 Å². The fraction of sp³-hybridized carbons (Fsp3) is 1.00. The summed E-state index contributed by atoms with van der Waals surface area (Å²) >= 11 is 0. The molecule has 0 N–H and O–H groups in total. The fourth-order valence-corrected chi connectivity index (χ4v) is 10.0. The third-order valence-corrected chi connectivity index (χ3v) is 10.3. The lowest BCUT2D eigenvalue weighted by molar-refractivity contribution is -0.234. The first-order valence-corrected chi connectivity index (χ1v) is 10.6. The van der Waals surface area contributed by atoms with E-state index >= 15 is 0 Å². The minimum Gasteiger partial charge on any atom is -0.0596 e. The van der Waals surface area contributed by atoms with Gasteiger partial charge in [-0.25, -0.2) is 0 Å². The number of hydrogen-bond acceptors (Lipinski definition) is 0. The third-order valence-electron chi connectivity index (χ3n) is 10.3. The maximum atomic E-state index is 2.63.